The van der Waals surface area contributed by atoms with Crippen LogP contribution in [0, 0.1) is 5.41 Å². The van der Waals surface area contributed by atoms with Crippen molar-refractivity contribution in [1.29, 1.82) is 0 Å². The van der Waals surface area contributed by atoms with Crippen LogP contribution in [0.5, 0.6) is 0 Å². The zero-order valence-corrected chi connectivity index (χ0v) is 10.4. The second-order valence-corrected chi connectivity index (χ2v) is 4.67. The Balaban J connectivity index is 0. The molecular weight excluding hydrogens is 259 g/mol. The zero-order chi connectivity index (χ0) is 8.81. The number of allylic oxidation sites excluding steroid dienone is 4. The van der Waals surface area contributed by atoms with Gasteiger partial charge in [-0.1, -0.05) is 0 Å². The van der Waals surface area contributed by atoms with Crippen LogP contribution in [0.4, 0.5) is 9.41 Å². The predicted octanol–water partition coefficient (Wildman–Crippen LogP) is 3.49. The van der Waals surface area contributed by atoms with Crippen molar-refractivity contribution in [3.05, 3.63) is 20.9 Å². The van der Waals surface area contributed by atoms with Gasteiger partial charge in [0.1, 0.15) is 0 Å². The van der Waals surface area contributed by atoms with E-state index in [-0.39, 0.29) is 14.8 Å². The molecule has 1 rings (SSSR count). The standard InChI is InChI=1S/C10H15.2FH.Ru/c1-7-6-10(4,5)9(3)8(7)2;;;/h1-5H3;2*1H;. The molecule has 0 heterocycles. The molecule has 0 aromatic heterocycles. The summed E-state index contributed by atoms with van der Waals surface area (Å²) < 4.78 is 1.46. The molecule has 0 N–H and O–H groups in total. The molecule has 0 radical (unpaired) electrons. The Labute approximate surface area is 88.9 Å². The van der Waals surface area contributed by atoms with E-state index in [1.54, 1.807) is 0 Å². The summed E-state index contributed by atoms with van der Waals surface area (Å²) in [4.78, 5) is 0. The number of hydrogen-bond acceptors (Lipinski definition) is 0. The van der Waals surface area contributed by atoms with Gasteiger partial charge in [0.05, 0.1) is 0 Å². The van der Waals surface area contributed by atoms with E-state index >= 15 is 0 Å². The molecule has 0 amide bonds. The van der Waals surface area contributed by atoms with Crippen LogP contribution in [-0.4, -0.2) is 0 Å². The summed E-state index contributed by atoms with van der Waals surface area (Å²) in [5.74, 6) is 0. The van der Waals surface area contributed by atoms with Crippen LogP contribution in [0.25, 0.3) is 0 Å². The zero-order valence-electron chi connectivity index (χ0n) is 8.67. The largest absolute Gasteiger partial charge is 0.269 e. The van der Waals surface area contributed by atoms with Crippen molar-refractivity contribution in [2.75, 3.05) is 0 Å². The minimum atomic E-state index is 0. The number of halogens is 2. The van der Waals surface area contributed by atoms with Gasteiger partial charge >= 0.3 is 79.2 Å². The third-order valence-electron chi connectivity index (χ3n) is 2.92. The Morgan fingerprint density at radius 1 is 0.923 bits per heavy atom. The van der Waals surface area contributed by atoms with E-state index in [2.05, 4.69) is 52.9 Å². The molecule has 0 aliphatic heterocycles. The molecule has 0 aromatic carbocycles. The first-order chi connectivity index (χ1) is 4.89. The normalized spacial score (nSPS) is 19.8. The smallest absolute Gasteiger partial charge is 0.269 e. The summed E-state index contributed by atoms with van der Waals surface area (Å²) in [6, 6.07) is 0. The van der Waals surface area contributed by atoms with E-state index in [0.29, 0.717) is 0 Å². The van der Waals surface area contributed by atoms with E-state index in [1.807, 2.05) is 0 Å². The van der Waals surface area contributed by atoms with Crippen LogP contribution in [-0.2, 0) is 18.3 Å². The van der Waals surface area contributed by atoms with Gasteiger partial charge in [0, 0.05) is 0 Å². The third kappa shape index (κ3) is 2.07. The predicted molar refractivity (Wildman–Crippen MR) is 49.9 cm³/mol. The van der Waals surface area contributed by atoms with Crippen LogP contribution < -0.4 is 0 Å². The molecule has 0 atom stereocenters. The van der Waals surface area contributed by atoms with Crippen LogP contribution in [0.15, 0.2) is 20.9 Å². The number of rotatable bonds is 0. The van der Waals surface area contributed by atoms with E-state index < -0.39 is 0 Å². The van der Waals surface area contributed by atoms with Crippen molar-refractivity contribution in [3.8, 4) is 0 Å². The molecule has 0 unspecified atom stereocenters. The van der Waals surface area contributed by atoms with Crippen molar-refractivity contribution < 1.29 is 27.7 Å². The van der Waals surface area contributed by atoms with Gasteiger partial charge in [-0.2, -0.15) is 0 Å². The Hall–Kier alpha value is -0.0366. The van der Waals surface area contributed by atoms with Crippen LogP contribution in [0.1, 0.15) is 34.6 Å². The monoisotopic (exact) mass is 277 g/mol. The second kappa shape index (κ2) is 4.46. The summed E-state index contributed by atoms with van der Waals surface area (Å²) in [5, 5.41) is 0. The van der Waals surface area contributed by atoms with Gasteiger partial charge in [0.25, 0.3) is 0 Å². The van der Waals surface area contributed by atoms with Crippen LogP contribution >= 0.6 is 0 Å². The maximum Gasteiger partial charge on any atom is -0.269 e. The van der Waals surface area contributed by atoms with Crippen molar-refractivity contribution >= 4 is 0 Å². The maximum absolute atomic E-state index is 2.77. The molecule has 0 fully saturated rings. The summed E-state index contributed by atoms with van der Waals surface area (Å²) in [7, 11) is 0. The maximum atomic E-state index is 2.77. The molecule has 0 saturated carbocycles. The molecule has 0 aromatic rings. The molecule has 1 aliphatic rings. The molecule has 0 bridgehead atoms. The van der Waals surface area contributed by atoms with Crippen molar-refractivity contribution in [3.63, 3.8) is 0 Å². The first-order valence-corrected chi connectivity index (χ1v) is 4.80. The van der Waals surface area contributed by atoms with Crippen molar-refractivity contribution in [2.24, 2.45) is 5.41 Å². The van der Waals surface area contributed by atoms with Gasteiger partial charge in [-0.05, 0) is 0 Å². The molecule has 0 saturated heterocycles. The SMILES string of the molecule is CC1=C(C)C(C)(C)[C]([Ru])=C1C.F.F. The Morgan fingerprint density at radius 3 is 1.38 bits per heavy atom. The number of hydrogen-bond donors (Lipinski definition) is 0. The van der Waals surface area contributed by atoms with Gasteiger partial charge in [0.15, 0.2) is 0 Å². The third-order valence-corrected chi connectivity index (χ3v) is 4.65. The van der Waals surface area contributed by atoms with Crippen LogP contribution in [0.3, 0.4) is 0 Å². The van der Waals surface area contributed by atoms with Gasteiger partial charge in [0.2, 0.25) is 0 Å². The second-order valence-electron chi connectivity index (χ2n) is 3.80. The molecule has 0 spiro atoms. The first-order valence-electron chi connectivity index (χ1n) is 3.93. The van der Waals surface area contributed by atoms with E-state index in [9.17, 15) is 0 Å². The van der Waals surface area contributed by atoms with E-state index in [1.165, 1.54) is 20.9 Å². The van der Waals surface area contributed by atoms with Gasteiger partial charge in [-0.15, -0.1) is 0 Å². The fourth-order valence-corrected chi connectivity index (χ4v) is 2.19. The molecular formula is C10H17F2Ru. The first kappa shape index (κ1) is 15.4. The Bertz CT molecular complexity index is 236. The average Bonchev–Trinajstić information content (AvgIpc) is 2.06. The topological polar surface area (TPSA) is 0 Å². The molecule has 3 heteroatoms. The molecule has 0 nitrogen and oxygen atoms in total. The van der Waals surface area contributed by atoms with Gasteiger partial charge < -0.3 is 0 Å². The Morgan fingerprint density at radius 2 is 1.31 bits per heavy atom. The Kier molecular flexibility index (Phi) is 5.29. The molecule has 1 aliphatic carbocycles. The summed E-state index contributed by atoms with van der Waals surface area (Å²) >= 11 is 2.77. The van der Waals surface area contributed by atoms with Gasteiger partial charge in [-0.3, -0.25) is 9.41 Å². The quantitative estimate of drug-likeness (QED) is 0.594. The summed E-state index contributed by atoms with van der Waals surface area (Å²) in [6.45, 7) is 11.2. The molecule has 13 heavy (non-hydrogen) atoms. The summed E-state index contributed by atoms with van der Waals surface area (Å²) in [5.41, 5.74) is 4.74. The van der Waals surface area contributed by atoms with Gasteiger partial charge in [-0.25, -0.2) is 0 Å². The van der Waals surface area contributed by atoms with E-state index in [0.717, 1.165) is 0 Å². The van der Waals surface area contributed by atoms with Crippen molar-refractivity contribution in [1.82, 2.24) is 0 Å². The minimum absolute atomic E-state index is 0. The van der Waals surface area contributed by atoms with Crippen LogP contribution in [0.2, 0.25) is 0 Å². The minimum Gasteiger partial charge on any atom is -0.269 e. The average molecular weight is 276 g/mol. The van der Waals surface area contributed by atoms with Crippen molar-refractivity contribution in [2.45, 2.75) is 34.6 Å². The summed E-state index contributed by atoms with van der Waals surface area (Å²) in [6.07, 6.45) is 0. The van der Waals surface area contributed by atoms with E-state index in [4.69, 9.17) is 0 Å². The molecule has 79 valence electrons. The fourth-order valence-electron chi connectivity index (χ4n) is 1.54. The fraction of sp³-hybridized carbons (Fsp3) is 0.600.